The molecule has 1 aliphatic rings. The molecular weight excluding hydrogens is 500 g/mol. The second-order valence-electron chi connectivity index (χ2n) is 12.6. The maximum atomic E-state index is 12.5. The lowest BCUT2D eigenvalue weighted by molar-refractivity contribution is 0.0458. The molecule has 5 rings (SSSR count). The molecule has 1 aliphatic heterocycles. The SMILES string of the molecule is CC(C)(C)OC(=O)NC(c1ncc(-c2ccc(-c3ccc(-c4cnc(C5CCCN5)[nH]4)cc3)cc2)[nH]1)C(C)(C)C. The Morgan fingerprint density at radius 3 is 1.93 bits per heavy atom. The number of nitrogens with zero attached hydrogens (tertiary/aromatic N) is 2. The number of H-pyrrole nitrogens is 2. The third-order valence-electron chi connectivity index (χ3n) is 7.11. The first-order chi connectivity index (χ1) is 19.0. The molecule has 4 N–H and O–H groups in total. The van der Waals surface area contributed by atoms with Gasteiger partial charge in [0.1, 0.15) is 17.2 Å². The first-order valence-electron chi connectivity index (χ1n) is 14.0. The predicted molar refractivity (Wildman–Crippen MR) is 159 cm³/mol. The van der Waals surface area contributed by atoms with E-state index in [1.54, 1.807) is 0 Å². The van der Waals surface area contributed by atoms with E-state index in [4.69, 9.17) is 4.74 Å². The van der Waals surface area contributed by atoms with Crippen LogP contribution in [0, 0.1) is 5.41 Å². The Bertz CT molecular complexity index is 1430. The lowest BCUT2D eigenvalue weighted by Gasteiger charge is -2.31. The van der Waals surface area contributed by atoms with Gasteiger partial charge in [0.25, 0.3) is 0 Å². The smallest absolute Gasteiger partial charge is 0.408 e. The van der Waals surface area contributed by atoms with Gasteiger partial charge in [0.05, 0.1) is 35.9 Å². The molecule has 2 aromatic carbocycles. The van der Waals surface area contributed by atoms with Crippen molar-refractivity contribution in [1.82, 2.24) is 30.6 Å². The van der Waals surface area contributed by atoms with E-state index in [2.05, 4.69) is 99.9 Å². The highest BCUT2D eigenvalue weighted by Gasteiger charge is 2.32. The molecular formula is C32H40N6O2. The molecule has 8 heteroatoms. The average Bonchev–Trinajstić information content (AvgIpc) is 3.68. The van der Waals surface area contributed by atoms with Crippen molar-refractivity contribution >= 4 is 6.09 Å². The highest BCUT2D eigenvalue weighted by atomic mass is 16.6. The van der Waals surface area contributed by atoms with E-state index in [1.165, 1.54) is 6.42 Å². The Labute approximate surface area is 236 Å². The third-order valence-corrected chi connectivity index (χ3v) is 7.11. The summed E-state index contributed by atoms with van der Waals surface area (Å²) in [7, 11) is 0. The minimum absolute atomic E-state index is 0.271. The first kappa shape index (κ1) is 27.6. The van der Waals surface area contributed by atoms with Crippen molar-refractivity contribution in [1.29, 1.82) is 0 Å². The minimum Gasteiger partial charge on any atom is -0.444 e. The van der Waals surface area contributed by atoms with E-state index >= 15 is 0 Å². The zero-order valence-electron chi connectivity index (χ0n) is 24.3. The van der Waals surface area contributed by atoms with Crippen LogP contribution in [0.25, 0.3) is 33.6 Å². The van der Waals surface area contributed by atoms with Crippen LogP contribution < -0.4 is 10.6 Å². The Morgan fingerprint density at radius 2 is 1.40 bits per heavy atom. The number of carbonyl (C=O) groups is 1. The molecule has 2 atom stereocenters. The zero-order chi connectivity index (χ0) is 28.5. The monoisotopic (exact) mass is 540 g/mol. The van der Waals surface area contributed by atoms with Crippen LogP contribution in [0.3, 0.4) is 0 Å². The van der Waals surface area contributed by atoms with Crippen molar-refractivity contribution in [3.05, 3.63) is 72.6 Å². The third kappa shape index (κ3) is 6.45. The number of benzene rings is 2. The van der Waals surface area contributed by atoms with Gasteiger partial charge in [-0.15, -0.1) is 0 Å². The zero-order valence-corrected chi connectivity index (χ0v) is 24.3. The van der Waals surface area contributed by atoms with Crippen LogP contribution in [0.5, 0.6) is 0 Å². The molecule has 0 radical (unpaired) electrons. The van der Waals surface area contributed by atoms with E-state index in [1.807, 2.05) is 33.2 Å². The lowest BCUT2D eigenvalue weighted by Crippen LogP contribution is -2.40. The molecule has 1 amide bonds. The number of ether oxygens (including phenoxy) is 1. The molecule has 2 aromatic heterocycles. The van der Waals surface area contributed by atoms with E-state index in [0.29, 0.717) is 11.9 Å². The van der Waals surface area contributed by atoms with Gasteiger partial charge in [0.15, 0.2) is 0 Å². The topological polar surface area (TPSA) is 108 Å². The second kappa shape index (κ2) is 10.9. The quantitative estimate of drug-likeness (QED) is 0.207. The summed E-state index contributed by atoms with van der Waals surface area (Å²) in [5, 5.41) is 6.48. The van der Waals surface area contributed by atoms with Gasteiger partial charge < -0.3 is 25.3 Å². The van der Waals surface area contributed by atoms with Gasteiger partial charge in [-0.3, -0.25) is 0 Å². The maximum absolute atomic E-state index is 12.5. The summed E-state index contributed by atoms with van der Waals surface area (Å²) in [4.78, 5) is 28.6. The molecule has 4 aromatic rings. The largest absolute Gasteiger partial charge is 0.444 e. The van der Waals surface area contributed by atoms with Crippen molar-refractivity contribution in [2.75, 3.05) is 6.54 Å². The number of hydrogen-bond donors (Lipinski definition) is 4. The molecule has 3 heterocycles. The van der Waals surface area contributed by atoms with Gasteiger partial charge in [-0.25, -0.2) is 14.8 Å². The fourth-order valence-corrected chi connectivity index (χ4v) is 5.01. The van der Waals surface area contributed by atoms with Crippen LogP contribution in [-0.2, 0) is 4.74 Å². The fraction of sp³-hybridized carbons (Fsp3) is 0.406. The van der Waals surface area contributed by atoms with Crippen molar-refractivity contribution in [3.8, 4) is 33.6 Å². The minimum atomic E-state index is -0.571. The Balaban J connectivity index is 1.28. The predicted octanol–water partition coefficient (Wildman–Crippen LogP) is 7.17. The van der Waals surface area contributed by atoms with Gasteiger partial charge in [0, 0.05) is 0 Å². The number of imidazole rings is 2. The highest BCUT2D eigenvalue weighted by molar-refractivity contribution is 5.72. The van der Waals surface area contributed by atoms with Crippen molar-refractivity contribution in [3.63, 3.8) is 0 Å². The maximum Gasteiger partial charge on any atom is 0.408 e. The van der Waals surface area contributed by atoms with Crippen molar-refractivity contribution < 1.29 is 9.53 Å². The second-order valence-corrected chi connectivity index (χ2v) is 12.6. The van der Waals surface area contributed by atoms with Crippen molar-refractivity contribution in [2.24, 2.45) is 5.41 Å². The number of nitrogens with one attached hydrogen (secondary N) is 4. The van der Waals surface area contributed by atoms with Crippen LogP contribution in [0.1, 0.15) is 78.1 Å². The van der Waals surface area contributed by atoms with Crippen LogP contribution in [0.15, 0.2) is 60.9 Å². The number of carbonyl (C=O) groups excluding carboxylic acids is 1. The van der Waals surface area contributed by atoms with Crippen molar-refractivity contribution in [2.45, 2.75) is 72.1 Å². The van der Waals surface area contributed by atoms with E-state index in [0.717, 1.165) is 52.4 Å². The molecule has 0 saturated carbocycles. The molecule has 0 bridgehead atoms. The molecule has 210 valence electrons. The van der Waals surface area contributed by atoms with Crippen LogP contribution in [0.2, 0.25) is 0 Å². The molecule has 1 saturated heterocycles. The van der Waals surface area contributed by atoms with Crippen LogP contribution >= 0.6 is 0 Å². The van der Waals surface area contributed by atoms with E-state index in [-0.39, 0.29) is 11.5 Å². The summed E-state index contributed by atoms with van der Waals surface area (Å²) in [5.74, 6) is 1.71. The summed E-state index contributed by atoms with van der Waals surface area (Å²) in [6.07, 6.45) is 5.60. The summed E-state index contributed by atoms with van der Waals surface area (Å²) < 4.78 is 5.49. The normalized spacial score (nSPS) is 16.6. The number of aromatic nitrogens is 4. The molecule has 1 fully saturated rings. The molecule has 2 unspecified atom stereocenters. The van der Waals surface area contributed by atoms with E-state index < -0.39 is 11.7 Å². The fourth-order valence-electron chi connectivity index (χ4n) is 5.01. The Morgan fingerprint density at radius 1 is 0.850 bits per heavy atom. The van der Waals surface area contributed by atoms with Gasteiger partial charge in [0.2, 0.25) is 0 Å². The number of hydrogen-bond acceptors (Lipinski definition) is 5. The highest BCUT2D eigenvalue weighted by Crippen LogP contribution is 2.33. The number of rotatable bonds is 6. The van der Waals surface area contributed by atoms with Crippen LogP contribution in [-0.4, -0.2) is 38.2 Å². The molecule has 40 heavy (non-hydrogen) atoms. The summed E-state index contributed by atoms with van der Waals surface area (Å²) >= 11 is 0. The molecule has 8 nitrogen and oxygen atoms in total. The van der Waals surface area contributed by atoms with Gasteiger partial charge in [-0.1, -0.05) is 69.3 Å². The van der Waals surface area contributed by atoms with E-state index in [9.17, 15) is 4.79 Å². The first-order valence-corrected chi connectivity index (χ1v) is 14.0. The van der Waals surface area contributed by atoms with Gasteiger partial charge in [-0.05, 0) is 67.8 Å². The molecule has 0 aliphatic carbocycles. The lowest BCUT2D eigenvalue weighted by atomic mass is 9.86. The van der Waals surface area contributed by atoms with Gasteiger partial charge >= 0.3 is 6.09 Å². The Kier molecular flexibility index (Phi) is 7.55. The summed E-state index contributed by atoms with van der Waals surface area (Å²) in [6, 6.07) is 16.9. The standard InChI is InChI=1S/C32H40N6O2/c1-31(2,3)27(38-30(39)40-32(4,5)6)29-35-19-26(37-29)23-15-11-21(12-16-23)20-9-13-22(14-10-20)25-18-34-28(36-25)24-8-7-17-33-24/h9-16,18-19,24,27,33H,7-8,17H2,1-6H3,(H,34,36)(H,35,37)(H,38,39). The van der Waals surface area contributed by atoms with Gasteiger partial charge in [-0.2, -0.15) is 0 Å². The number of aromatic amines is 2. The summed E-state index contributed by atoms with van der Waals surface area (Å²) in [6.45, 7) is 12.8. The summed E-state index contributed by atoms with van der Waals surface area (Å²) in [5.41, 5.74) is 5.51. The Hall–Kier alpha value is -3.91. The van der Waals surface area contributed by atoms with Crippen LogP contribution in [0.4, 0.5) is 4.79 Å². The molecule has 0 spiro atoms. The number of alkyl carbamates (subject to hydrolysis) is 1. The average molecular weight is 541 g/mol. The number of amides is 1.